The van der Waals surface area contributed by atoms with Gasteiger partial charge in [-0.25, -0.2) is 0 Å². The van der Waals surface area contributed by atoms with Gasteiger partial charge < -0.3 is 4.74 Å². The van der Waals surface area contributed by atoms with Crippen LogP contribution >= 0.6 is 15.9 Å². The van der Waals surface area contributed by atoms with E-state index in [9.17, 15) is 9.59 Å². The second kappa shape index (κ2) is 3.85. The lowest BCUT2D eigenvalue weighted by atomic mass is 10.3. The molecule has 0 aromatic heterocycles. The van der Waals surface area contributed by atoms with Crippen molar-refractivity contribution in [3.05, 3.63) is 0 Å². The van der Waals surface area contributed by atoms with Crippen molar-refractivity contribution in [1.82, 2.24) is 0 Å². The van der Waals surface area contributed by atoms with Crippen molar-refractivity contribution in [2.24, 2.45) is 0 Å². The fourth-order valence-electron chi connectivity index (χ4n) is 1.10. The molecule has 0 heterocycles. The van der Waals surface area contributed by atoms with Crippen molar-refractivity contribution in [3.8, 4) is 0 Å². The first-order valence-corrected chi connectivity index (χ1v) is 4.61. The Balaban J connectivity index is 2.28. The van der Waals surface area contributed by atoms with Crippen molar-refractivity contribution >= 4 is 27.7 Å². The van der Waals surface area contributed by atoms with Gasteiger partial charge >= 0.3 is 5.97 Å². The van der Waals surface area contributed by atoms with Crippen LogP contribution in [0.3, 0.4) is 0 Å². The topological polar surface area (TPSA) is 43.4 Å². The van der Waals surface area contributed by atoms with Crippen LogP contribution in [0, 0.1) is 0 Å². The van der Waals surface area contributed by atoms with Crippen LogP contribution in [0.5, 0.6) is 0 Å². The highest BCUT2D eigenvalue weighted by Crippen LogP contribution is 2.18. The standard InChI is InChI=1S/C7H9BrO3/c8-4-7(10)11-6-2-1-5(9)3-6/h6H,1-4H2. The first-order chi connectivity index (χ1) is 5.22. The molecule has 11 heavy (non-hydrogen) atoms. The number of esters is 1. The second-order valence-electron chi connectivity index (χ2n) is 2.53. The average Bonchev–Trinajstić information content (AvgIpc) is 2.35. The largest absolute Gasteiger partial charge is 0.461 e. The number of rotatable bonds is 2. The number of halogens is 1. The summed E-state index contributed by atoms with van der Waals surface area (Å²) in [5, 5.41) is 0.206. The fraction of sp³-hybridized carbons (Fsp3) is 0.714. The van der Waals surface area contributed by atoms with E-state index in [0.29, 0.717) is 19.3 Å². The van der Waals surface area contributed by atoms with Crippen molar-refractivity contribution in [1.29, 1.82) is 0 Å². The van der Waals surface area contributed by atoms with E-state index in [0.717, 1.165) is 0 Å². The maximum Gasteiger partial charge on any atom is 0.316 e. The van der Waals surface area contributed by atoms with E-state index in [1.807, 2.05) is 0 Å². The van der Waals surface area contributed by atoms with E-state index in [1.54, 1.807) is 0 Å². The van der Waals surface area contributed by atoms with Crippen LogP contribution in [0.25, 0.3) is 0 Å². The van der Waals surface area contributed by atoms with Crippen LogP contribution in [0.2, 0.25) is 0 Å². The molecule has 1 fully saturated rings. The molecule has 1 aliphatic rings. The molecule has 0 aromatic carbocycles. The minimum atomic E-state index is -0.287. The van der Waals surface area contributed by atoms with Crippen molar-refractivity contribution in [2.45, 2.75) is 25.4 Å². The maximum atomic E-state index is 10.7. The molecule has 1 aliphatic carbocycles. The molecule has 0 spiro atoms. The van der Waals surface area contributed by atoms with Crippen LogP contribution in [-0.4, -0.2) is 23.2 Å². The Bertz CT molecular complexity index is 179. The molecule has 1 rings (SSSR count). The van der Waals surface area contributed by atoms with Gasteiger partial charge in [0.05, 0.1) is 0 Å². The van der Waals surface area contributed by atoms with Gasteiger partial charge in [0.25, 0.3) is 0 Å². The van der Waals surface area contributed by atoms with Gasteiger partial charge in [0, 0.05) is 12.8 Å². The van der Waals surface area contributed by atoms with Crippen LogP contribution < -0.4 is 0 Å². The summed E-state index contributed by atoms with van der Waals surface area (Å²) in [4.78, 5) is 21.4. The quantitative estimate of drug-likeness (QED) is 0.517. The Morgan fingerprint density at radius 2 is 2.45 bits per heavy atom. The summed E-state index contributed by atoms with van der Waals surface area (Å²) in [6, 6.07) is 0. The molecule has 1 atom stereocenters. The highest BCUT2D eigenvalue weighted by molar-refractivity contribution is 9.09. The van der Waals surface area contributed by atoms with Gasteiger partial charge in [-0.15, -0.1) is 0 Å². The molecule has 0 radical (unpaired) electrons. The number of Topliss-reactive ketones (excluding diaryl/α,β-unsaturated/α-hetero) is 1. The zero-order valence-corrected chi connectivity index (χ0v) is 7.59. The molecular weight excluding hydrogens is 212 g/mol. The number of carbonyl (C=O) groups is 2. The van der Waals surface area contributed by atoms with Crippen LogP contribution in [-0.2, 0) is 14.3 Å². The van der Waals surface area contributed by atoms with E-state index in [2.05, 4.69) is 15.9 Å². The normalized spacial score (nSPS) is 23.7. The predicted octanol–water partition coefficient (Wildman–Crippen LogP) is 1.05. The molecule has 0 bridgehead atoms. The summed E-state index contributed by atoms with van der Waals surface area (Å²) < 4.78 is 4.92. The Morgan fingerprint density at radius 3 is 2.91 bits per heavy atom. The first-order valence-electron chi connectivity index (χ1n) is 3.49. The number of alkyl halides is 1. The third-order valence-electron chi connectivity index (χ3n) is 1.61. The molecule has 0 aliphatic heterocycles. The third-order valence-corrected chi connectivity index (χ3v) is 2.07. The van der Waals surface area contributed by atoms with Crippen LogP contribution in [0.1, 0.15) is 19.3 Å². The number of hydrogen-bond donors (Lipinski definition) is 0. The van der Waals surface area contributed by atoms with E-state index in [1.165, 1.54) is 0 Å². The summed E-state index contributed by atoms with van der Waals surface area (Å²) in [5.41, 5.74) is 0. The molecule has 1 saturated carbocycles. The predicted molar refractivity (Wildman–Crippen MR) is 42.5 cm³/mol. The van der Waals surface area contributed by atoms with Gasteiger partial charge in [-0.3, -0.25) is 9.59 Å². The first kappa shape index (κ1) is 8.71. The van der Waals surface area contributed by atoms with E-state index in [-0.39, 0.29) is 23.2 Å². The highest BCUT2D eigenvalue weighted by atomic mass is 79.9. The zero-order chi connectivity index (χ0) is 8.27. The van der Waals surface area contributed by atoms with Gasteiger partial charge in [0.15, 0.2) is 0 Å². The highest BCUT2D eigenvalue weighted by Gasteiger charge is 2.24. The van der Waals surface area contributed by atoms with E-state index in [4.69, 9.17) is 4.74 Å². The molecular formula is C7H9BrO3. The van der Waals surface area contributed by atoms with Crippen molar-refractivity contribution in [3.63, 3.8) is 0 Å². The molecule has 0 amide bonds. The molecule has 0 saturated heterocycles. The Kier molecular flexibility index (Phi) is 3.05. The molecule has 3 nitrogen and oxygen atoms in total. The van der Waals surface area contributed by atoms with Crippen molar-refractivity contribution < 1.29 is 14.3 Å². The van der Waals surface area contributed by atoms with Gasteiger partial charge in [-0.1, -0.05) is 15.9 Å². The summed E-state index contributed by atoms with van der Waals surface area (Å²) in [7, 11) is 0. The minimum Gasteiger partial charge on any atom is -0.461 e. The minimum absolute atomic E-state index is 0.160. The van der Waals surface area contributed by atoms with E-state index >= 15 is 0 Å². The molecule has 0 aromatic rings. The Morgan fingerprint density at radius 1 is 1.73 bits per heavy atom. The Labute approximate surface area is 73.2 Å². The van der Waals surface area contributed by atoms with Crippen LogP contribution in [0.4, 0.5) is 0 Å². The molecule has 1 unspecified atom stereocenters. The number of ether oxygens (including phenoxy) is 1. The van der Waals surface area contributed by atoms with E-state index < -0.39 is 0 Å². The summed E-state index contributed by atoms with van der Waals surface area (Å²) in [5.74, 6) is -0.0953. The summed E-state index contributed by atoms with van der Waals surface area (Å²) >= 11 is 2.98. The number of carbonyl (C=O) groups excluding carboxylic acids is 2. The lowest BCUT2D eigenvalue weighted by Crippen LogP contribution is -2.15. The number of hydrogen-bond acceptors (Lipinski definition) is 3. The van der Waals surface area contributed by atoms with Crippen molar-refractivity contribution in [2.75, 3.05) is 5.33 Å². The molecule has 4 heteroatoms. The van der Waals surface area contributed by atoms with Crippen LogP contribution in [0.15, 0.2) is 0 Å². The molecule has 62 valence electrons. The van der Waals surface area contributed by atoms with Gasteiger partial charge in [-0.05, 0) is 6.42 Å². The molecule has 0 N–H and O–H groups in total. The summed E-state index contributed by atoms with van der Waals surface area (Å²) in [6.07, 6.45) is 1.49. The summed E-state index contributed by atoms with van der Waals surface area (Å²) in [6.45, 7) is 0. The van der Waals surface area contributed by atoms with Gasteiger partial charge in [0.2, 0.25) is 0 Å². The zero-order valence-electron chi connectivity index (χ0n) is 6.01. The SMILES string of the molecule is O=C1CCC(OC(=O)CBr)C1. The second-order valence-corrected chi connectivity index (χ2v) is 3.09. The lowest BCUT2D eigenvalue weighted by molar-refractivity contribution is -0.145. The monoisotopic (exact) mass is 220 g/mol. The Hall–Kier alpha value is -0.380. The fourth-order valence-corrected chi connectivity index (χ4v) is 1.23. The number of ketones is 1. The maximum absolute atomic E-state index is 10.7. The van der Waals surface area contributed by atoms with Gasteiger partial charge in [0.1, 0.15) is 17.2 Å². The lowest BCUT2D eigenvalue weighted by Gasteiger charge is -2.07. The average molecular weight is 221 g/mol. The smallest absolute Gasteiger partial charge is 0.316 e. The van der Waals surface area contributed by atoms with Gasteiger partial charge in [-0.2, -0.15) is 0 Å². The third kappa shape index (κ3) is 2.61.